The van der Waals surface area contributed by atoms with Crippen molar-refractivity contribution in [3.05, 3.63) is 71.8 Å². The zero-order valence-corrected chi connectivity index (χ0v) is 19.2. The average molecular weight is 446 g/mol. The lowest BCUT2D eigenvalue weighted by Crippen LogP contribution is -2.43. The van der Waals surface area contributed by atoms with E-state index in [1.165, 1.54) is 0 Å². The van der Waals surface area contributed by atoms with Crippen molar-refractivity contribution >= 4 is 22.1 Å². The predicted octanol–water partition coefficient (Wildman–Crippen LogP) is 3.55. The highest BCUT2D eigenvalue weighted by Gasteiger charge is 2.26. The standard InChI is InChI=1S/C24H31NO5S/c1-17(2)22(25-31(28,29)21-13-10-18(3)11-14-21)16-30-24(27)19(4)23(26)15-12-20-8-6-5-7-9-20/h5-15,17,19,22-23,25-26H,16H2,1-4H3/b15-12+/t19-,22+,23+/m0/s1. The summed E-state index contributed by atoms with van der Waals surface area (Å²) in [6.45, 7) is 7.02. The van der Waals surface area contributed by atoms with Crippen LogP contribution in [0.2, 0.25) is 0 Å². The van der Waals surface area contributed by atoms with E-state index in [1.54, 1.807) is 43.3 Å². The summed E-state index contributed by atoms with van der Waals surface area (Å²) in [5.74, 6) is -1.49. The number of carbonyl (C=O) groups is 1. The van der Waals surface area contributed by atoms with Gasteiger partial charge < -0.3 is 9.84 Å². The van der Waals surface area contributed by atoms with Gasteiger partial charge in [0, 0.05) is 0 Å². The third kappa shape index (κ3) is 7.61. The lowest BCUT2D eigenvalue weighted by Gasteiger charge is -2.23. The third-order valence-electron chi connectivity index (χ3n) is 5.02. The van der Waals surface area contributed by atoms with Gasteiger partial charge in [-0.25, -0.2) is 13.1 Å². The molecule has 168 valence electrons. The molecule has 31 heavy (non-hydrogen) atoms. The summed E-state index contributed by atoms with van der Waals surface area (Å²) in [4.78, 5) is 12.6. The number of sulfonamides is 1. The Hall–Kier alpha value is -2.48. The topological polar surface area (TPSA) is 92.7 Å². The Labute approximate surface area is 185 Å². The number of hydrogen-bond acceptors (Lipinski definition) is 5. The quantitative estimate of drug-likeness (QED) is 0.546. The molecule has 6 nitrogen and oxygen atoms in total. The highest BCUT2D eigenvalue weighted by molar-refractivity contribution is 7.89. The monoisotopic (exact) mass is 445 g/mol. The Kier molecular flexibility index (Phi) is 8.98. The van der Waals surface area contributed by atoms with Crippen molar-refractivity contribution in [2.45, 2.75) is 44.7 Å². The lowest BCUT2D eigenvalue weighted by atomic mass is 10.0. The van der Waals surface area contributed by atoms with Crippen LogP contribution in [0.15, 0.2) is 65.6 Å². The minimum absolute atomic E-state index is 0.105. The molecular formula is C24H31NO5S. The molecule has 0 aliphatic heterocycles. The number of nitrogens with one attached hydrogen (secondary N) is 1. The van der Waals surface area contributed by atoms with Crippen LogP contribution in [0.4, 0.5) is 0 Å². The van der Waals surface area contributed by atoms with Crippen LogP contribution in [-0.2, 0) is 19.6 Å². The van der Waals surface area contributed by atoms with Crippen molar-refractivity contribution in [3.63, 3.8) is 0 Å². The normalized spacial score (nSPS) is 15.0. The van der Waals surface area contributed by atoms with E-state index in [9.17, 15) is 18.3 Å². The molecule has 0 amide bonds. The number of carbonyl (C=O) groups excluding carboxylic acids is 1. The van der Waals surface area contributed by atoms with Crippen molar-refractivity contribution < 1.29 is 23.1 Å². The Morgan fingerprint density at radius 2 is 1.68 bits per heavy atom. The molecule has 0 unspecified atom stereocenters. The van der Waals surface area contributed by atoms with Crippen LogP contribution in [-0.4, -0.2) is 38.2 Å². The smallest absolute Gasteiger partial charge is 0.311 e. The van der Waals surface area contributed by atoms with E-state index in [0.29, 0.717) is 0 Å². The Morgan fingerprint density at radius 1 is 1.06 bits per heavy atom. The number of aryl methyl sites for hydroxylation is 1. The predicted molar refractivity (Wildman–Crippen MR) is 122 cm³/mol. The summed E-state index contributed by atoms with van der Waals surface area (Å²) in [5.41, 5.74) is 1.87. The van der Waals surface area contributed by atoms with E-state index in [2.05, 4.69) is 4.72 Å². The number of ether oxygens (including phenoxy) is 1. The maximum atomic E-state index is 12.7. The third-order valence-corrected chi connectivity index (χ3v) is 6.52. The van der Waals surface area contributed by atoms with E-state index in [1.807, 2.05) is 51.1 Å². The van der Waals surface area contributed by atoms with Crippen LogP contribution in [0.5, 0.6) is 0 Å². The van der Waals surface area contributed by atoms with Crippen LogP contribution in [0, 0.1) is 18.8 Å². The summed E-state index contributed by atoms with van der Waals surface area (Å²) in [5, 5.41) is 10.3. The molecule has 0 aromatic heterocycles. The fourth-order valence-electron chi connectivity index (χ4n) is 2.73. The van der Waals surface area contributed by atoms with Gasteiger partial charge in [-0.15, -0.1) is 0 Å². The molecule has 0 heterocycles. The Bertz CT molecular complexity index is 969. The van der Waals surface area contributed by atoms with Crippen LogP contribution in [0.25, 0.3) is 6.08 Å². The minimum atomic E-state index is -3.75. The molecule has 2 aromatic carbocycles. The molecular weight excluding hydrogens is 414 g/mol. The summed E-state index contributed by atoms with van der Waals surface area (Å²) in [6, 6.07) is 15.4. The van der Waals surface area contributed by atoms with E-state index >= 15 is 0 Å². The van der Waals surface area contributed by atoms with Gasteiger partial charge in [0.15, 0.2) is 0 Å². The Balaban J connectivity index is 1.96. The molecule has 7 heteroatoms. The van der Waals surface area contributed by atoms with Gasteiger partial charge >= 0.3 is 5.97 Å². The van der Waals surface area contributed by atoms with Gasteiger partial charge in [0.05, 0.1) is 23.0 Å². The largest absolute Gasteiger partial charge is 0.464 e. The van der Waals surface area contributed by atoms with E-state index in [0.717, 1.165) is 11.1 Å². The number of hydrogen-bond donors (Lipinski definition) is 2. The summed E-state index contributed by atoms with van der Waals surface area (Å²) < 4.78 is 33.3. The first-order chi connectivity index (χ1) is 14.6. The van der Waals surface area contributed by atoms with Crippen LogP contribution in [0.3, 0.4) is 0 Å². The highest BCUT2D eigenvalue weighted by Crippen LogP contribution is 2.15. The molecule has 0 bridgehead atoms. The fraction of sp³-hybridized carbons (Fsp3) is 0.375. The summed E-state index contributed by atoms with van der Waals surface area (Å²) in [7, 11) is -3.75. The molecule has 2 N–H and O–H groups in total. The van der Waals surface area contributed by atoms with Crippen molar-refractivity contribution in [1.29, 1.82) is 0 Å². The fourth-order valence-corrected chi connectivity index (χ4v) is 4.10. The molecule has 2 aromatic rings. The first-order valence-corrected chi connectivity index (χ1v) is 11.8. The molecule has 0 aliphatic rings. The SMILES string of the molecule is Cc1ccc(S(=O)(=O)N[C@H](COC(=O)[C@@H](C)[C@H](O)/C=C/c2ccccc2)C(C)C)cc1. The zero-order valence-electron chi connectivity index (χ0n) is 18.4. The van der Waals surface area contributed by atoms with Crippen molar-refractivity contribution in [2.24, 2.45) is 11.8 Å². The van der Waals surface area contributed by atoms with Crippen molar-refractivity contribution in [3.8, 4) is 0 Å². The second-order valence-corrected chi connectivity index (χ2v) is 9.68. The van der Waals surface area contributed by atoms with Gasteiger partial charge in [0.25, 0.3) is 0 Å². The second kappa shape index (κ2) is 11.2. The molecule has 0 saturated heterocycles. The van der Waals surface area contributed by atoms with Gasteiger partial charge in [-0.05, 0) is 37.5 Å². The van der Waals surface area contributed by atoms with E-state index in [4.69, 9.17) is 4.74 Å². The minimum Gasteiger partial charge on any atom is -0.464 e. The van der Waals surface area contributed by atoms with Crippen LogP contribution >= 0.6 is 0 Å². The number of esters is 1. The average Bonchev–Trinajstić information content (AvgIpc) is 2.75. The van der Waals surface area contributed by atoms with E-state index in [-0.39, 0.29) is 17.4 Å². The summed E-state index contributed by atoms with van der Waals surface area (Å²) >= 11 is 0. The highest BCUT2D eigenvalue weighted by atomic mass is 32.2. The number of rotatable bonds is 10. The first kappa shape index (κ1) is 24.8. The van der Waals surface area contributed by atoms with Crippen molar-refractivity contribution in [2.75, 3.05) is 6.61 Å². The molecule has 0 saturated carbocycles. The first-order valence-electron chi connectivity index (χ1n) is 10.3. The molecule has 0 radical (unpaired) electrons. The van der Waals surface area contributed by atoms with Gasteiger partial charge in [0.2, 0.25) is 10.0 Å². The lowest BCUT2D eigenvalue weighted by molar-refractivity contribution is -0.151. The summed E-state index contributed by atoms with van der Waals surface area (Å²) in [6.07, 6.45) is 2.26. The number of benzene rings is 2. The maximum absolute atomic E-state index is 12.7. The molecule has 3 atom stereocenters. The molecule has 0 spiro atoms. The van der Waals surface area contributed by atoms with Gasteiger partial charge in [-0.1, -0.05) is 74.0 Å². The number of aliphatic hydroxyl groups excluding tert-OH is 1. The molecule has 0 aliphatic carbocycles. The molecule has 0 fully saturated rings. The van der Waals surface area contributed by atoms with Gasteiger partial charge in [0.1, 0.15) is 6.61 Å². The number of aliphatic hydroxyl groups is 1. The zero-order chi connectivity index (χ0) is 23.0. The van der Waals surface area contributed by atoms with Gasteiger partial charge in [-0.3, -0.25) is 4.79 Å². The van der Waals surface area contributed by atoms with Crippen LogP contribution < -0.4 is 4.72 Å². The van der Waals surface area contributed by atoms with Crippen LogP contribution in [0.1, 0.15) is 31.9 Å². The Morgan fingerprint density at radius 3 is 2.26 bits per heavy atom. The van der Waals surface area contributed by atoms with Crippen molar-refractivity contribution in [1.82, 2.24) is 4.72 Å². The molecule has 2 rings (SSSR count). The second-order valence-electron chi connectivity index (χ2n) is 7.96. The van der Waals surface area contributed by atoms with Gasteiger partial charge in [-0.2, -0.15) is 0 Å². The maximum Gasteiger partial charge on any atom is 0.311 e. The van der Waals surface area contributed by atoms with E-state index < -0.39 is 34.1 Å².